The Balaban J connectivity index is 0.00000338. The van der Waals surface area contributed by atoms with Crippen LogP contribution in [0.2, 0.25) is 0 Å². The van der Waals surface area contributed by atoms with E-state index in [1.54, 1.807) is 0 Å². The minimum atomic E-state index is 0. The van der Waals surface area contributed by atoms with Gasteiger partial charge in [0.25, 0.3) is 0 Å². The summed E-state index contributed by atoms with van der Waals surface area (Å²) in [5.74, 6) is 1.51. The van der Waals surface area contributed by atoms with Crippen molar-refractivity contribution in [3.63, 3.8) is 0 Å². The standard InChI is InChI=1S/C19H33N5O.HI/c1-4-16(5-2)18(24-10-12-25-13-11-24)15-23-19(20-3)22-14-17-8-6-7-9-21-17;/h6-9,16,18H,4-5,10-15H2,1-3H3,(H2,20,22,23);1H. The Morgan fingerprint density at radius 3 is 2.54 bits per heavy atom. The first-order chi connectivity index (χ1) is 12.3. The van der Waals surface area contributed by atoms with Crippen molar-refractivity contribution >= 4 is 29.9 Å². The zero-order valence-electron chi connectivity index (χ0n) is 16.3. The molecule has 0 aliphatic carbocycles. The predicted octanol–water partition coefficient (Wildman–Crippen LogP) is 2.50. The summed E-state index contributed by atoms with van der Waals surface area (Å²) in [5.41, 5.74) is 1.01. The summed E-state index contributed by atoms with van der Waals surface area (Å²) in [5, 5.41) is 6.87. The molecule has 0 aromatic carbocycles. The van der Waals surface area contributed by atoms with E-state index < -0.39 is 0 Å². The molecule has 0 spiro atoms. The first-order valence-electron chi connectivity index (χ1n) is 9.44. The molecule has 0 amide bonds. The Hall–Kier alpha value is -0.930. The van der Waals surface area contributed by atoms with E-state index in [4.69, 9.17) is 4.74 Å². The van der Waals surface area contributed by atoms with Crippen molar-refractivity contribution in [2.24, 2.45) is 10.9 Å². The summed E-state index contributed by atoms with van der Waals surface area (Å²) in [7, 11) is 1.81. The van der Waals surface area contributed by atoms with Crippen LogP contribution in [0.5, 0.6) is 0 Å². The van der Waals surface area contributed by atoms with Crippen LogP contribution in [0.3, 0.4) is 0 Å². The van der Waals surface area contributed by atoms with Crippen LogP contribution in [0, 0.1) is 5.92 Å². The first kappa shape index (κ1) is 23.1. The largest absolute Gasteiger partial charge is 0.379 e. The fourth-order valence-corrected chi connectivity index (χ4v) is 3.43. The molecule has 1 aliphatic rings. The molecule has 1 aliphatic heterocycles. The third-order valence-electron chi connectivity index (χ3n) is 4.97. The maximum Gasteiger partial charge on any atom is 0.191 e. The predicted molar refractivity (Wildman–Crippen MR) is 118 cm³/mol. The molecule has 0 bridgehead atoms. The molecule has 2 heterocycles. The first-order valence-corrected chi connectivity index (χ1v) is 9.44. The molecule has 2 N–H and O–H groups in total. The van der Waals surface area contributed by atoms with E-state index in [2.05, 4.69) is 39.4 Å². The molecular formula is C19H34IN5O. The van der Waals surface area contributed by atoms with Gasteiger partial charge >= 0.3 is 0 Å². The molecule has 1 fully saturated rings. The van der Waals surface area contributed by atoms with Crippen LogP contribution in [0.25, 0.3) is 0 Å². The number of hydrogen-bond donors (Lipinski definition) is 2. The number of halogens is 1. The van der Waals surface area contributed by atoms with E-state index in [9.17, 15) is 0 Å². The highest BCUT2D eigenvalue weighted by molar-refractivity contribution is 14.0. The molecule has 1 unspecified atom stereocenters. The van der Waals surface area contributed by atoms with E-state index >= 15 is 0 Å². The average Bonchev–Trinajstić information content (AvgIpc) is 2.68. The second-order valence-electron chi connectivity index (χ2n) is 6.42. The fraction of sp³-hybridized carbons (Fsp3) is 0.684. The Bertz CT molecular complexity index is 504. The fourth-order valence-electron chi connectivity index (χ4n) is 3.43. The van der Waals surface area contributed by atoms with Gasteiger partial charge in [-0.05, 0) is 18.1 Å². The van der Waals surface area contributed by atoms with Gasteiger partial charge in [0.15, 0.2) is 5.96 Å². The molecule has 1 saturated heterocycles. The van der Waals surface area contributed by atoms with Crippen LogP contribution >= 0.6 is 24.0 Å². The topological polar surface area (TPSA) is 61.8 Å². The number of morpholine rings is 1. The molecule has 6 nitrogen and oxygen atoms in total. The number of rotatable bonds is 8. The van der Waals surface area contributed by atoms with Crippen molar-refractivity contribution in [3.8, 4) is 0 Å². The van der Waals surface area contributed by atoms with Gasteiger partial charge in [-0.15, -0.1) is 24.0 Å². The lowest BCUT2D eigenvalue weighted by Crippen LogP contribution is -2.53. The van der Waals surface area contributed by atoms with E-state index in [1.807, 2.05) is 31.4 Å². The maximum absolute atomic E-state index is 5.53. The van der Waals surface area contributed by atoms with E-state index in [0.717, 1.165) is 44.5 Å². The Morgan fingerprint density at radius 1 is 1.23 bits per heavy atom. The van der Waals surface area contributed by atoms with E-state index in [1.165, 1.54) is 12.8 Å². The smallest absolute Gasteiger partial charge is 0.191 e. The van der Waals surface area contributed by atoms with E-state index in [-0.39, 0.29) is 24.0 Å². The summed E-state index contributed by atoms with van der Waals surface area (Å²) in [6.45, 7) is 9.85. The number of nitrogens with zero attached hydrogens (tertiary/aromatic N) is 3. The van der Waals surface area contributed by atoms with Gasteiger partial charge in [-0.25, -0.2) is 0 Å². The number of ether oxygens (including phenoxy) is 1. The lowest BCUT2D eigenvalue weighted by Gasteiger charge is -2.39. The minimum Gasteiger partial charge on any atom is -0.379 e. The van der Waals surface area contributed by atoms with Crippen molar-refractivity contribution in [3.05, 3.63) is 30.1 Å². The Kier molecular flexibility index (Phi) is 11.8. The summed E-state index contributed by atoms with van der Waals surface area (Å²) < 4.78 is 5.53. The van der Waals surface area contributed by atoms with Gasteiger partial charge in [-0.1, -0.05) is 32.8 Å². The number of hydrogen-bond acceptors (Lipinski definition) is 4. The third kappa shape index (κ3) is 7.36. The number of nitrogens with one attached hydrogen (secondary N) is 2. The van der Waals surface area contributed by atoms with Gasteiger partial charge in [0.05, 0.1) is 25.5 Å². The third-order valence-corrected chi connectivity index (χ3v) is 4.97. The highest BCUT2D eigenvalue weighted by Crippen LogP contribution is 2.19. The number of guanidine groups is 1. The van der Waals surface area contributed by atoms with Gasteiger partial charge in [-0.3, -0.25) is 14.9 Å². The second kappa shape index (κ2) is 13.3. The SMILES string of the molecule is CCC(CC)C(CNC(=NC)NCc1ccccn1)N1CCOCC1.I. The summed E-state index contributed by atoms with van der Waals surface area (Å²) in [6, 6.07) is 6.45. The molecule has 148 valence electrons. The molecular weight excluding hydrogens is 441 g/mol. The van der Waals surface area contributed by atoms with Crippen molar-refractivity contribution in [2.45, 2.75) is 39.3 Å². The number of aliphatic imine (C=N–C) groups is 1. The van der Waals surface area contributed by atoms with E-state index in [0.29, 0.717) is 18.5 Å². The van der Waals surface area contributed by atoms with Crippen LogP contribution in [-0.4, -0.2) is 61.8 Å². The van der Waals surface area contributed by atoms with Crippen LogP contribution < -0.4 is 10.6 Å². The zero-order chi connectivity index (χ0) is 17.9. The highest BCUT2D eigenvalue weighted by Gasteiger charge is 2.26. The van der Waals surface area contributed by atoms with Gasteiger partial charge in [0, 0.05) is 38.9 Å². The molecule has 26 heavy (non-hydrogen) atoms. The quantitative estimate of drug-likeness (QED) is 0.344. The van der Waals surface area contributed by atoms with Gasteiger partial charge in [-0.2, -0.15) is 0 Å². The van der Waals surface area contributed by atoms with Crippen molar-refractivity contribution in [1.82, 2.24) is 20.5 Å². The molecule has 0 saturated carbocycles. The molecule has 0 radical (unpaired) electrons. The molecule has 1 aromatic heterocycles. The number of pyridine rings is 1. The monoisotopic (exact) mass is 475 g/mol. The summed E-state index contributed by atoms with van der Waals surface area (Å²) in [4.78, 5) is 11.3. The Labute approximate surface area is 175 Å². The average molecular weight is 475 g/mol. The van der Waals surface area contributed by atoms with Crippen molar-refractivity contribution in [2.75, 3.05) is 39.9 Å². The minimum absolute atomic E-state index is 0. The van der Waals surface area contributed by atoms with Crippen LogP contribution in [0.1, 0.15) is 32.4 Å². The normalized spacial score (nSPS) is 16.8. The van der Waals surface area contributed by atoms with Crippen LogP contribution in [0.15, 0.2) is 29.4 Å². The highest BCUT2D eigenvalue weighted by atomic mass is 127. The van der Waals surface area contributed by atoms with Gasteiger partial charge < -0.3 is 15.4 Å². The lowest BCUT2D eigenvalue weighted by atomic mass is 9.92. The second-order valence-corrected chi connectivity index (χ2v) is 6.42. The summed E-state index contributed by atoms with van der Waals surface area (Å²) >= 11 is 0. The van der Waals surface area contributed by atoms with Crippen LogP contribution in [-0.2, 0) is 11.3 Å². The maximum atomic E-state index is 5.53. The molecule has 2 rings (SSSR count). The molecule has 1 aromatic rings. The van der Waals surface area contributed by atoms with Crippen molar-refractivity contribution < 1.29 is 4.74 Å². The zero-order valence-corrected chi connectivity index (χ0v) is 18.6. The lowest BCUT2D eigenvalue weighted by molar-refractivity contribution is 0.00272. The summed E-state index contributed by atoms with van der Waals surface area (Å²) in [6.07, 6.45) is 4.20. The van der Waals surface area contributed by atoms with Crippen molar-refractivity contribution in [1.29, 1.82) is 0 Å². The molecule has 1 atom stereocenters. The van der Waals surface area contributed by atoms with Gasteiger partial charge in [0.2, 0.25) is 0 Å². The Morgan fingerprint density at radius 2 is 1.96 bits per heavy atom. The van der Waals surface area contributed by atoms with Crippen LogP contribution in [0.4, 0.5) is 0 Å². The van der Waals surface area contributed by atoms with Gasteiger partial charge in [0.1, 0.15) is 0 Å². The number of aromatic nitrogens is 1. The molecule has 7 heteroatoms.